The first kappa shape index (κ1) is 6.06. The molecule has 0 aliphatic carbocycles. The molecule has 0 radical (unpaired) electrons. The van der Waals surface area contributed by atoms with Gasteiger partial charge in [0.2, 0.25) is 0 Å². The van der Waals surface area contributed by atoms with Crippen molar-refractivity contribution in [3.05, 3.63) is 0 Å². The Morgan fingerprint density at radius 2 is 2.00 bits per heavy atom. The first-order valence-electron chi connectivity index (χ1n) is 2.69. The summed E-state index contributed by atoms with van der Waals surface area (Å²) in [5, 5.41) is 0. The highest BCUT2D eigenvalue weighted by molar-refractivity contribution is 7.53. The highest BCUT2D eigenvalue weighted by Gasteiger charge is 2.65. The minimum Gasteiger partial charge on any atom is -0.324 e. The SMILES string of the molecule is C[Si]1(C)OP2(=O)OC1O2. The van der Waals surface area contributed by atoms with Crippen molar-refractivity contribution in [1.29, 1.82) is 0 Å². The maximum absolute atomic E-state index is 10.9. The Bertz CT molecular complexity index is 192. The first-order valence-corrected chi connectivity index (χ1v) is 7.14. The maximum atomic E-state index is 10.9. The predicted octanol–water partition coefficient (Wildman–Crippen LogP) is 1.24. The van der Waals surface area contributed by atoms with E-state index >= 15 is 0 Å². The zero-order valence-corrected chi connectivity index (χ0v) is 7.05. The number of hydrogen-bond acceptors (Lipinski definition) is 4. The number of phosphoric ester groups is 1. The van der Waals surface area contributed by atoms with Gasteiger partial charge in [0, 0.05) is 0 Å². The van der Waals surface area contributed by atoms with Crippen molar-refractivity contribution in [2.75, 3.05) is 0 Å². The van der Waals surface area contributed by atoms with Gasteiger partial charge in [-0.2, -0.15) is 0 Å². The van der Waals surface area contributed by atoms with Gasteiger partial charge in [0.05, 0.1) is 0 Å². The fourth-order valence-corrected chi connectivity index (χ4v) is 7.15. The third-order valence-electron chi connectivity index (χ3n) is 1.36. The van der Waals surface area contributed by atoms with Gasteiger partial charge in [0.25, 0.3) is 8.32 Å². The van der Waals surface area contributed by atoms with Gasteiger partial charge in [-0.15, -0.1) is 0 Å². The molecule has 9 heavy (non-hydrogen) atoms. The summed E-state index contributed by atoms with van der Waals surface area (Å²) in [4.78, 5) is 0. The third-order valence-corrected chi connectivity index (χ3v) is 6.81. The van der Waals surface area contributed by atoms with Crippen LogP contribution in [0.15, 0.2) is 0 Å². The highest BCUT2D eigenvalue weighted by atomic mass is 31.2. The molecule has 0 N–H and O–H groups in total. The van der Waals surface area contributed by atoms with E-state index in [9.17, 15) is 4.57 Å². The number of rotatable bonds is 0. The summed E-state index contributed by atoms with van der Waals surface area (Å²) in [6.45, 7) is 3.84. The van der Waals surface area contributed by atoms with Gasteiger partial charge in [0.15, 0.2) is 5.91 Å². The summed E-state index contributed by atoms with van der Waals surface area (Å²) in [5.74, 6) is -0.275. The lowest BCUT2D eigenvalue weighted by Gasteiger charge is -2.22. The summed E-state index contributed by atoms with van der Waals surface area (Å²) in [6.07, 6.45) is 0. The molecule has 3 aliphatic rings. The van der Waals surface area contributed by atoms with Crippen LogP contribution in [-0.4, -0.2) is 14.2 Å². The van der Waals surface area contributed by atoms with Crippen molar-refractivity contribution in [3.63, 3.8) is 0 Å². The van der Waals surface area contributed by atoms with E-state index in [1.165, 1.54) is 0 Å². The van der Waals surface area contributed by atoms with E-state index in [0.717, 1.165) is 0 Å². The van der Waals surface area contributed by atoms with Gasteiger partial charge in [-0.1, -0.05) is 0 Å². The Hall–Kier alpha value is 0.327. The maximum Gasteiger partial charge on any atom is 0.469 e. The van der Waals surface area contributed by atoms with E-state index in [1.807, 2.05) is 13.1 Å². The van der Waals surface area contributed by atoms with Crippen LogP contribution in [0.1, 0.15) is 0 Å². The van der Waals surface area contributed by atoms with Crippen LogP contribution in [0.2, 0.25) is 13.1 Å². The Kier molecular flexibility index (Phi) is 0.897. The average molecular weight is 166 g/mol. The van der Waals surface area contributed by atoms with Crippen LogP contribution >= 0.6 is 7.82 Å². The van der Waals surface area contributed by atoms with E-state index in [0.29, 0.717) is 0 Å². The molecule has 0 aromatic heterocycles. The van der Waals surface area contributed by atoms with Crippen LogP contribution in [0.25, 0.3) is 0 Å². The van der Waals surface area contributed by atoms with Crippen molar-refractivity contribution in [3.8, 4) is 0 Å². The Morgan fingerprint density at radius 3 is 2.11 bits per heavy atom. The number of fused-ring (bicyclic) bond motifs is 1. The third kappa shape index (κ3) is 0.669. The topological polar surface area (TPSA) is 44.8 Å². The largest absolute Gasteiger partial charge is 0.469 e. The Balaban J connectivity index is 2.33. The molecular weight excluding hydrogens is 159 g/mol. The molecular formula is C3H7O4PSi. The fraction of sp³-hybridized carbons (Fsp3) is 1.00. The van der Waals surface area contributed by atoms with Gasteiger partial charge < -0.3 is 4.21 Å². The molecule has 0 unspecified atom stereocenters. The van der Waals surface area contributed by atoms with Crippen molar-refractivity contribution in [1.82, 2.24) is 0 Å². The Morgan fingerprint density at radius 1 is 1.44 bits per heavy atom. The predicted molar refractivity (Wildman–Crippen MR) is 32.1 cm³/mol. The lowest BCUT2D eigenvalue weighted by molar-refractivity contribution is -0.0310. The molecule has 0 spiro atoms. The van der Waals surface area contributed by atoms with Crippen LogP contribution in [0.5, 0.6) is 0 Å². The van der Waals surface area contributed by atoms with Gasteiger partial charge in [-0.25, -0.2) is 4.57 Å². The quantitative estimate of drug-likeness (QED) is 0.401. The second-order valence-electron chi connectivity index (χ2n) is 2.68. The summed E-state index contributed by atoms with van der Waals surface area (Å²) in [5.41, 5.74) is 0. The zero-order valence-electron chi connectivity index (χ0n) is 5.16. The van der Waals surface area contributed by atoms with E-state index < -0.39 is 16.1 Å². The summed E-state index contributed by atoms with van der Waals surface area (Å²) >= 11 is 0. The first-order chi connectivity index (χ1) is 4.02. The molecule has 3 heterocycles. The monoisotopic (exact) mass is 166 g/mol. The molecule has 4 nitrogen and oxygen atoms in total. The van der Waals surface area contributed by atoms with Crippen LogP contribution < -0.4 is 0 Å². The highest BCUT2D eigenvalue weighted by Crippen LogP contribution is 2.70. The molecule has 0 saturated carbocycles. The molecule has 3 fully saturated rings. The standard InChI is InChI=1S/C3H7O4PSi/c1-9(2)3-5-8(4,6-3)7-9/h3H,1-2H3. The summed E-state index contributed by atoms with van der Waals surface area (Å²) in [6, 6.07) is 0. The number of phosphoric acid groups is 1. The van der Waals surface area contributed by atoms with Gasteiger partial charge in [-0.05, 0) is 13.1 Å². The van der Waals surface area contributed by atoms with Crippen molar-refractivity contribution >= 4 is 16.1 Å². The zero-order chi connectivity index (χ0) is 6.70. The van der Waals surface area contributed by atoms with Gasteiger partial charge >= 0.3 is 7.82 Å². The van der Waals surface area contributed by atoms with E-state index in [2.05, 4.69) is 0 Å². The average Bonchev–Trinajstić information content (AvgIpc) is 1.83. The normalized spacial score (nSPS) is 52.9. The molecule has 3 rings (SSSR count). The van der Waals surface area contributed by atoms with E-state index in [-0.39, 0.29) is 5.91 Å². The van der Waals surface area contributed by atoms with Crippen LogP contribution in [0, 0.1) is 0 Å². The Labute approximate surface area is 53.9 Å². The van der Waals surface area contributed by atoms with Crippen molar-refractivity contribution < 1.29 is 17.8 Å². The van der Waals surface area contributed by atoms with Crippen molar-refractivity contribution in [2.45, 2.75) is 19.0 Å². The van der Waals surface area contributed by atoms with Gasteiger partial charge in [-0.3, -0.25) is 9.05 Å². The lowest BCUT2D eigenvalue weighted by atomic mass is 11.5. The molecule has 52 valence electrons. The molecule has 0 amide bonds. The molecule has 3 saturated heterocycles. The fourth-order valence-electron chi connectivity index (χ4n) is 0.870. The van der Waals surface area contributed by atoms with Gasteiger partial charge in [0.1, 0.15) is 0 Å². The molecule has 6 heteroatoms. The molecule has 0 aromatic rings. The van der Waals surface area contributed by atoms with Crippen LogP contribution in [0.3, 0.4) is 0 Å². The minimum atomic E-state index is -2.96. The summed E-state index contributed by atoms with van der Waals surface area (Å²) in [7, 11) is -4.81. The molecule has 0 atom stereocenters. The summed E-state index contributed by atoms with van der Waals surface area (Å²) < 4.78 is 25.6. The second kappa shape index (κ2) is 1.33. The van der Waals surface area contributed by atoms with Crippen LogP contribution in [-0.2, 0) is 17.8 Å². The molecule has 0 aromatic carbocycles. The van der Waals surface area contributed by atoms with Crippen LogP contribution in [0.4, 0.5) is 0 Å². The minimum absolute atomic E-state index is 0.275. The van der Waals surface area contributed by atoms with E-state index in [1.54, 1.807) is 0 Å². The van der Waals surface area contributed by atoms with Crippen molar-refractivity contribution in [2.24, 2.45) is 0 Å². The second-order valence-corrected chi connectivity index (χ2v) is 8.41. The molecule has 2 bridgehead atoms. The molecule has 3 aliphatic heterocycles. The number of hydrogen-bond donors (Lipinski definition) is 0. The van der Waals surface area contributed by atoms with E-state index in [4.69, 9.17) is 13.3 Å². The smallest absolute Gasteiger partial charge is 0.324 e. The lowest BCUT2D eigenvalue weighted by Crippen LogP contribution is -2.38.